The predicted molar refractivity (Wildman–Crippen MR) is 227 cm³/mol. The van der Waals surface area contributed by atoms with Gasteiger partial charge in [-0.25, -0.2) is 0 Å². The smallest absolute Gasteiger partial charge is 0.132 e. The van der Waals surface area contributed by atoms with Crippen molar-refractivity contribution in [2.45, 2.75) is 5.41 Å². The molecule has 55 heavy (non-hydrogen) atoms. The van der Waals surface area contributed by atoms with Gasteiger partial charge >= 0.3 is 0 Å². The molecule has 11 rings (SSSR count). The highest BCUT2D eigenvalue weighted by atomic mass is 16.5. The van der Waals surface area contributed by atoms with Gasteiger partial charge in [-0.2, -0.15) is 0 Å². The van der Waals surface area contributed by atoms with E-state index in [1.54, 1.807) is 0 Å². The molecule has 9 aromatic carbocycles. The first-order chi connectivity index (χ1) is 27.3. The van der Waals surface area contributed by atoms with Gasteiger partial charge in [0.15, 0.2) is 0 Å². The Kier molecular flexibility index (Phi) is 7.11. The number of nitrogens with zero attached hydrogens (tertiary/aromatic N) is 1. The number of anilines is 3. The van der Waals surface area contributed by atoms with Gasteiger partial charge < -0.3 is 9.64 Å². The van der Waals surface area contributed by atoms with Crippen LogP contribution in [-0.2, 0) is 5.41 Å². The summed E-state index contributed by atoms with van der Waals surface area (Å²) in [5, 5.41) is 2.41. The summed E-state index contributed by atoms with van der Waals surface area (Å²) in [5.74, 6) is 1.75. The summed E-state index contributed by atoms with van der Waals surface area (Å²) in [6.07, 6.45) is 0. The Hall–Kier alpha value is -7.16. The summed E-state index contributed by atoms with van der Waals surface area (Å²) in [7, 11) is 0. The fraction of sp³-hybridized carbons (Fsp3) is 0.0189. The molecule has 0 fully saturated rings. The number of rotatable bonds is 5. The topological polar surface area (TPSA) is 12.5 Å². The van der Waals surface area contributed by atoms with E-state index in [9.17, 15) is 0 Å². The maximum absolute atomic E-state index is 7.00. The third kappa shape index (κ3) is 4.75. The first-order valence-electron chi connectivity index (χ1n) is 18.9. The van der Waals surface area contributed by atoms with Crippen molar-refractivity contribution in [2.24, 2.45) is 0 Å². The predicted octanol–water partition coefficient (Wildman–Crippen LogP) is 14.1. The van der Waals surface area contributed by atoms with Gasteiger partial charge in [-0.05, 0) is 98.4 Å². The maximum atomic E-state index is 7.00. The molecule has 2 heteroatoms. The van der Waals surface area contributed by atoms with Gasteiger partial charge in [0.2, 0.25) is 0 Å². The van der Waals surface area contributed by atoms with E-state index in [4.69, 9.17) is 4.74 Å². The van der Waals surface area contributed by atoms with Gasteiger partial charge in [-0.1, -0.05) is 164 Å². The van der Waals surface area contributed by atoms with Crippen molar-refractivity contribution in [3.63, 3.8) is 0 Å². The van der Waals surface area contributed by atoms with Crippen LogP contribution >= 0.6 is 0 Å². The molecule has 2 nitrogen and oxygen atoms in total. The van der Waals surface area contributed by atoms with Crippen molar-refractivity contribution in [1.29, 1.82) is 0 Å². The largest absolute Gasteiger partial charge is 0.457 e. The molecule has 1 unspecified atom stereocenters. The number of benzene rings is 9. The Morgan fingerprint density at radius 1 is 0.345 bits per heavy atom. The molecule has 2 aliphatic rings. The third-order valence-electron chi connectivity index (χ3n) is 11.5. The van der Waals surface area contributed by atoms with Crippen LogP contribution in [0.1, 0.15) is 22.3 Å². The fourth-order valence-electron chi connectivity index (χ4n) is 9.19. The molecule has 1 atom stereocenters. The first kappa shape index (κ1) is 31.4. The monoisotopic (exact) mass is 701 g/mol. The second-order valence-electron chi connectivity index (χ2n) is 14.4. The van der Waals surface area contributed by atoms with Crippen LogP contribution < -0.4 is 9.64 Å². The number of hydrogen-bond donors (Lipinski definition) is 0. The number of fused-ring (bicyclic) bond motifs is 10. The molecule has 1 heterocycles. The lowest BCUT2D eigenvalue weighted by Gasteiger charge is -2.40. The molecule has 1 spiro atoms. The molecule has 0 radical (unpaired) electrons. The first-order valence-corrected chi connectivity index (χ1v) is 18.9. The summed E-state index contributed by atoms with van der Waals surface area (Å²) in [4.78, 5) is 2.42. The van der Waals surface area contributed by atoms with Crippen LogP contribution in [-0.4, -0.2) is 0 Å². The van der Waals surface area contributed by atoms with Crippen LogP contribution in [0.15, 0.2) is 212 Å². The molecule has 0 saturated carbocycles. The van der Waals surface area contributed by atoms with E-state index in [0.717, 1.165) is 50.8 Å². The minimum atomic E-state index is -0.647. The Balaban J connectivity index is 1.24. The normalized spacial score (nSPS) is 14.8. The fourth-order valence-corrected chi connectivity index (χ4v) is 9.19. The summed E-state index contributed by atoms with van der Waals surface area (Å²) >= 11 is 0. The molecule has 1 aliphatic heterocycles. The molecule has 0 amide bonds. The average Bonchev–Trinajstić information content (AvgIpc) is 3.54. The second-order valence-corrected chi connectivity index (χ2v) is 14.4. The van der Waals surface area contributed by atoms with E-state index in [0.29, 0.717) is 0 Å². The minimum Gasteiger partial charge on any atom is -0.457 e. The zero-order chi connectivity index (χ0) is 36.3. The van der Waals surface area contributed by atoms with Gasteiger partial charge in [-0.3, -0.25) is 0 Å². The van der Waals surface area contributed by atoms with E-state index < -0.39 is 5.41 Å². The van der Waals surface area contributed by atoms with Crippen LogP contribution in [0.4, 0.5) is 17.1 Å². The van der Waals surface area contributed by atoms with Gasteiger partial charge in [0.1, 0.15) is 11.5 Å². The van der Waals surface area contributed by atoms with E-state index >= 15 is 0 Å². The summed E-state index contributed by atoms with van der Waals surface area (Å²) < 4.78 is 7.00. The molecule has 1 aliphatic carbocycles. The minimum absolute atomic E-state index is 0.647. The van der Waals surface area contributed by atoms with E-state index in [2.05, 4.69) is 217 Å². The Labute approximate surface area is 321 Å². The maximum Gasteiger partial charge on any atom is 0.132 e. The second kappa shape index (κ2) is 12.5. The highest BCUT2D eigenvalue weighted by Crippen LogP contribution is 2.63. The van der Waals surface area contributed by atoms with Crippen LogP contribution in [0.5, 0.6) is 11.5 Å². The lowest BCUT2D eigenvalue weighted by molar-refractivity contribution is 0.436. The molecule has 0 N–H and O–H groups in total. The van der Waals surface area contributed by atoms with Gasteiger partial charge in [0.05, 0.1) is 11.1 Å². The molecular formula is C53H35NO. The summed E-state index contributed by atoms with van der Waals surface area (Å²) in [6, 6.07) is 76.9. The Morgan fingerprint density at radius 2 is 0.945 bits per heavy atom. The van der Waals surface area contributed by atoms with Crippen molar-refractivity contribution in [1.82, 2.24) is 0 Å². The highest BCUT2D eigenvalue weighted by molar-refractivity contribution is 6.00. The zero-order valence-electron chi connectivity index (χ0n) is 30.1. The van der Waals surface area contributed by atoms with Crippen LogP contribution in [0.3, 0.4) is 0 Å². The SMILES string of the molecule is c1ccc(-c2cc3c(cc2-c2ccccc2)C2(c4ccccc4O3)c3ccccc3-c3ccc(N(c4ccccc4)c4cccc5ccccc45)cc32)cc1. The van der Waals surface area contributed by atoms with Crippen LogP contribution in [0.25, 0.3) is 44.2 Å². The highest BCUT2D eigenvalue weighted by Gasteiger charge is 2.51. The molecule has 258 valence electrons. The average molecular weight is 702 g/mol. The Bertz CT molecular complexity index is 2890. The Morgan fingerprint density at radius 3 is 1.73 bits per heavy atom. The molecule has 0 bridgehead atoms. The molecule has 0 saturated heterocycles. The van der Waals surface area contributed by atoms with Crippen LogP contribution in [0.2, 0.25) is 0 Å². The number of ether oxygens (including phenoxy) is 1. The van der Waals surface area contributed by atoms with E-state index in [1.165, 1.54) is 44.2 Å². The number of hydrogen-bond acceptors (Lipinski definition) is 2. The van der Waals surface area contributed by atoms with E-state index in [-0.39, 0.29) is 0 Å². The van der Waals surface area contributed by atoms with Crippen molar-refractivity contribution in [3.8, 4) is 44.9 Å². The number of para-hydroxylation sites is 2. The van der Waals surface area contributed by atoms with Crippen molar-refractivity contribution < 1.29 is 4.74 Å². The summed E-state index contributed by atoms with van der Waals surface area (Å²) in [5.41, 5.74) is 14.6. The van der Waals surface area contributed by atoms with Crippen molar-refractivity contribution >= 4 is 27.8 Å². The van der Waals surface area contributed by atoms with Crippen LogP contribution in [0, 0.1) is 0 Å². The lowest BCUT2D eigenvalue weighted by atomic mass is 9.65. The molecular weight excluding hydrogens is 667 g/mol. The molecule has 9 aromatic rings. The van der Waals surface area contributed by atoms with Gasteiger partial charge in [-0.15, -0.1) is 0 Å². The quantitative estimate of drug-likeness (QED) is 0.177. The van der Waals surface area contributed by atoms with Gasteiger partial charge in [0, 0.05) is 27.9 Å². The standard InChI is InChI=1S/C53H35NO/c1-4-17-37(18-5-1)44-34-49-52(35-45(44)38-19-6-2-7-20-38)55-51-30-15-14-28-47(51)53(49)46-27-13-12-26-42(46)43-32-31-40(33-48(43)53)54(39-23-8-3-9-24-39)50-29-16-22-36-21-10-11-25-41(36)50/h1-35H. The summed E-state index contributed by atoms with van der Waals surface area (Å²) in [6.45, 7) is 0. The zero-order valence-corrected chi connectivity index (χ0v) is 30.1. The molecule has 0 aromatic heterocycles. The van der Waals surface area contributed by atoms with Crippen molar-refractivity contribution in [3.05, 3.63) is 235 Å². The van der Waals surface area contributed by atoms with Crippen molar-refractivity contribution in [2.75, 3.05) is 4.90 Å². The lowest BCUT2D eigenvalue weighted by Crippen LogP contribution is -2.32. The van der Waals surface area contributed by atoms with E-state index in [1.807, 2.05) is 0 Å². The van der Waals surface area contributed by atoms with Gasteiger partial charge in [0.25, 0.3) is 0 Å². The third-order valence-corrected chi connectivity index (χ3v) is 11.5.